The molecule has 5 aromatic carbocycles. The Balaban J connectivity index is 1.02. The molecular weight excluding hydrogens is 732 g/mol. The summed E-state index contributed by atoms with van der Waals surface area (Å²) < 4.78 is 37.6. The standard InChI is InChI=1S/C45H40O12/c1-3-41(46)53-26-5-24-51-37-18-11-32(12-19-37)44(49)56-39-16-7-31(8-17-39)23-28-55-43(48)36-10-9-35-30-40(22-15-34(35)29-36)57-45(50)33-13-20-38(21-14-33)52-25-6-27-54-42(47)4-2/h3-4,7-22,29-30H,1-2,5-6,23-28H2. The average Bonchev–Trinajstić information content (AvgIpc) is 3.23. The molecule has 5 rings (SSSR count). The summed E-state index contributed by atoms with van der Waals surface area (Å²) >= 11 is 0. The number of esters is 5. The van der Waals surface area contributed by atoms with Crippen LogP contribution in [0.2, 0.25) is 0 Å². The zero-order valence-electron chi connectivity index (χ0n) is 31.0. The summed E-state index contributed by atoms with van der Waals surface area (Å²) in [4.78, 5) is 60.4. The molecule has 0 spiro atoms. The maximum Gasteiger partial charge on any atom is 0.343 e. The minimum Gasteiger partial charge on any atom is -0.493 e. The van der Waals surface area contributed by atoms with Crippen LogP contribution < -0.4 is 18.9 Å². The van der Waals surface area contributed by atoms with Crippen molar-refractivity contribution in [3.8, 4) is 23.0 Å². The van der Waals surface area contributed by atoms with Crippen LogP contribution in [0.3, 0.4) is 0 Å². The lowest BCUT2D eigenvalue weighted by Crippen LogP contribution is -2.10. The minimum atomic E-state index is -0.540. The predicted octanol–water partition coefficient (Wildman–Crippen LogP) is 7.67. The van der Waals surface area contributed by atoms with Gasteiger partial charge in [-0.05, 0) is 101 Å². The normalized spacial score (nSPS) is 10.5. The van der Waals surface area contributed by atoms with E-state index in [2.05, 4.69) is 13.2 Å². The van der Waals surface area contributed by atoms with Gasteiger partial charge >= 0.3 is 29.8 Å². The van der Waals surface area contributed by atoms with Crippen LogP contribution in [0.1, 0.15) is 49.5 Å². The summed E-state index contributed by atoms with van der Waals surface area (Å²) in [7, 11) is 0. The van der Waals surface area contributed by atoms with Crippen molar-refractivity contribution < 1.29 is 57.1 Å². The van der Waals surface area contributed by atoms with Gasteiger partial charge in [0.15, 0.2) is 0 Å². The number of carbonyl (C=O) groups excluding carboxylic acids is 5. The van der Waals surface area contributed by atoms with Crippen LogP contribution in [0.4, 0.5) is 0 Å². The molecule has 0 N–H and O–H groups in total. The van der Waals surface area contributed by atoms with E-state index < -0.39 is 29.8 Å². The minimum absolute atomic E-state index is 0.139. The van der Waals surface area contributed by atoms with Crippen molar-refractivity contribution in [3.63, 3.8) is 0 Å². The van der Waals surface area contributed by atoms with Gasteiger partial charge in [0.25, 0.3) is 0 Å². The Bertz CT molecular complexity index is 2190. The number of carbonyl (C=O) groups is 5. The first-order valence-electron chi connectivity index (χ1n) is 18.0. The molecule has 5 aromatic rings. The van der Waals surface area contributed by atoms with Crippen molar-refractivity contribution in [2.75, 3.05) is 33.0 Å². The van der Waals surface area contributed by atoms with Gasteiger partial charge in [-0.1, -0.05) is 37.4 Å². The van der Waals surface area contributed by atoms with E-state index in [0.717, 1.165) is 28.5 Å². The molecule has 57 heavy (non-hydrogen) atoms. The zero-order valence-corrected chi connectivity index (χ0v) is 31.0. The second kappa shape index (κ2) is 21.0. The van der Waals surface area contributed by atoms with E-state index in [1.807, 2.05) is 0 Å². The summed E-state index contributed by atoms with van der Waals surface area (Å²) in [6.07, 6.45) is 3.67. The van der Waals surface area contributed by atoms with Crippen molar-refractivity contribution >= 4 is 40.6 Å². The number of rotatable bonds is 20. The second-order valence-corrected chi connectivity index (χ2v) is 12.2. The molecule has 0 aliphatic rings. The fourth-order valence-electron chi connectivity index (χ4n) is 5.15. The lowest BCUT2D eigenvalue weighted by molar-refractivity contribution is -0.138. The zero-order chi connectivity index (χ0) is 40.4. The number of ether oxygens (including phenoxy) is 7. The highest BCUT2D eigenvalue weighted by molar-refractivity contribution is 5.96. The Hall–Kier alpha value is -7.21. The van der Waals surface area contributed by atoms with Crippen LogP contribution >= 0.6 is 0 Å². The summed E-state index contributed by atoms with van der Waals surface area (Å²) in [5.74, 6) is -0.684. The van der Waals surface area contributed by atoms with Gasteiger partial charge in [0.05, 0.1) is 49.7 Å². The van der Waals surface area contributed by atoms with Crippen molar-refractivity contribution in [2.24, 2.45) is 0 Å². The lowest BCUT2D eigenvalue weighted by atomic mass is 10.1. The molecule has 0 heterocycles. The molecule has 0 saturated heterocycles. The highest BCUT2D eigenvalue weighted by Crippen LogP contribution is 2.24. The monoisotopic (exact) mass is 772 g/mol. The average molecular weight is 773 g/mol. The van der Waals surface area contributed by atoms with E-state index in [1.54, 1.807) is 109 Å². The lowest BCUT2D eigenvalue weighted by Gasteiger charge is -2.09. The Morgan fingerprint density at radius 2 is 0.895 bits per heavy atom. The van der Waals surface area contributed by atoms with Gasteiger partial charge in [0.1, 0.15) is 23.0 Å². The number of hydrogen-bond acceptors (Lipinski definition) is 12. The Labute approximate surface area is 329 Å². The summed E-state index contributed by atoms with van der Waals surface area (Å²) in [6.45, 7) is 7.92. The van der Waals surface area contributed by atoms with Gasteiger partial charge in [-0.25, -0.2) is 24.0 Å². The fraction of sp³-hybridized carbons (Fsp3) is 0.178. The molecule has 0 aromatic heterocycles. The van der Waals surface area contributed by atoms with Crippen LogP contribution in [0, 0.1) is 0 Å². The van der Waals surface area contributed by atoms with E-state index in [4.69, 9.17) is 33.2 Å². The Morgan fingerprint density at radius 1 is 0.439 bits per heavy atom. The molecule has 0 amide bonds. The molecule has 0 fully saturated rings. The van der Waals surface area contributed by atoms with E-state index in [-0.39, 0.29) is 19.8 Å². The smallest absolute Gasteiger partial charge is 0.343 e. The summed E-state index contributed by atoms with van der Waals surface area (Å²) in [5.41, 5.74) is 1.95. The maximum absolute atomic E-state index is 12.8. The number of hydrogen-bond donors (Lipinski definition) is 0. The highest BCUT2D eigenvalue weighted by Gasteiger charge is 2.13. The third-order valence-corrected chi connectivity index (χ3v) is 8.13. The molecule has 0 aliphatic carbocycles. The third-order valence-electron chi connectivity index (χ3n) is 8.13. The Kier molecular flexibility index (Phi) is 15.1. The van der Waals surface area contributed by atoms with Gasteiger partial charge < -0.3 is 33.2 Å². The topological polar surface area (TPSA) is 150 Å². The largest absolute Gasteiger partial charge is 0.493 e. The van der Waals surface area contributed by atoms with Gasteiger partial charge in [0, 0.05) is 31.4 Å². The third kappa shape index (κ3) is 13.0. The SMILES string of the molecule is C=CC(=O)OCCCOc1ccc(C(=O)Oc2ccc(CCOC(=O)c3ccc4cc(OC(=O)c5ccc(OCCCOC(=O)C=C)cc5)ccc4c3)cc2)cc1. The van der Waals surface area contributed by atoms with Crippen molar-refractivity contribution in [2.45, 2.75) is 19.3 Å². The summed E-state index contributed by atoms with van der Waals surface area (Å²) in [5, 5.41) is 1.53. The van der Waals surface area contributed by atoms with Gasteiger partial charge in [0.2, 0.25) is 0 Å². The highest BCUT2D eigenvalue weighted by atomic mass is 16.6. The van der Waals surface area contributed by atoms with E-state index in [9.17, 15) is 24.0 Å². The first kappa shape index (κ1) is 41.0. The molecular formula is C45H40O12. The van der Waals surface area contributed by atoms with E-state index in [0.29, 0.717) is 72.2 Å². The van der Waals surface area contributed by atoms with Crippen LogP contribution in [-0.4, -0.2) is 62.9 Å². The van der Waals surface area contributed by atoms with Crippen molar-refractivity contribution in [1.29, 1.82) is 0 Å². The number of fused-ring (bicyclic) bond motifs is 1. The van der Waals surface area contributed by atoms with Crippen molar-refractivity contribution in [1.82, 2.24) is 0 Å². The van der Waals surface area contributed by atoms with Gasteiger partial charge in [-0.15, -0.1) is 0 Å². The molecule has 0 aliphatic heterocycles. The molecule has 0 unspecified atom stereocenters. The molecule has 12 heteroatoms. The first-order chi connectivity index (χ1) is 27.7. The molecule has 0 saturated carbocycles. The molecule has 292 valence electrons. The van der Waals surface area contributed by atoms with Crippen LogP contribution in [0.15, 0.2) is 135 Å². The van der Waals surface area contributed by atoms with Gasteiger partial charge in [-0.3, -0.25) is 0 Å². The molecule has 12 nitrogen and oxygen atoms in total. The van der Waals surface area contributed by atoms with Crippen LogP contribution in [0.5, 0.6) is 23.0 Å². The maximum atomic E-state index is 12.8. The predicted molar refractivity (Wildman–Crippen MR) is 210 cm³/mol. The first-order valence-corrected chi connectivity index (χ1v) is 18.0. The van der Waals surface area contributed by atoms with E-state index in [1.165, 1.54) is 0 Å². The van der Waals surface area contributed by atoms with E-state index >= 15 is 0 Å². The molecule has 0 atom stereocenters. The van der Waals surface area contributed by atoms with Crippen LogP contribution in [-0.2, 0) is 30.2 Å². The number of benzene rings is 5. The van der Waals surface area contributed by atoms with Crippen LogP contribution in [0.25, 0.3) is 10.8 Å². The Morgan fingerprint density at radius 3 is 1.44 bits per heavy atom. The molecule has 0 radical (unpaired) electrons. The van der Waals surface area contributed by atoms with Gasteiger partial charge in [-0.2, -0.15) is 0 Å². The summed E-state index contributed by atoms with van der Waals surface area (Å²) in [6, 6.07) is 30.2. The fourth-order valence-corrected chi connectivity index (χ4v) is 5.15. The quantitative estimate of drug-likeness (QED) is 0.0251. The molecule has 0 bridgehead atoms. The second-order valence-electron chi connectivity index (χ2n) is 12.2. The van der Waals surface area contributed by atoms with Crippen molar-refractivity contribution in [3.05, 3.63) is 157 Å².